The highest BCUT2D eigenvalue weighted by molar-refractivity contribution is 5.97. The number of piperidine rings is 1. The highest BCUT2D eigenvalue weighted by Crippen LogP contribution is 2.31. The number of hydrogen-bond acceptors (Lipinski definition) is 3. The summed E-state index contributed by atoms with van der Waals surface area (Å²) in [7, 11) is 0. The number of nitrogens with one attached hydrogen (secondary N) is 2. The van der Waals surface area contributed by atoms with Gasteiger partial charge in [0.15, 0.2) is 0 Å². The van der Waals surface area contributed by atoms with Crippen molar-refractivity contribution in [2.75, 3.05) is 19.6 Å². The lowest BCUT2D eigenvalue weighted by molar-refractivity contribution is 0.0705. The van der Waals surface area contributed by atoms with Crippen LogP contribution in [0, 0.1) is 5.92 Å². The van der Waals surface area contributed by atoms with Gasteiger partial charge in [-0.15, -0.1) is 0 Å². The van der Waals surface area contributed by atoms with Crippen LogP contribution in [0.3, 0.4) is 0 Å². The van der Waals surface area contributed by atoms with Gasteiger partial charge in [-0.3, -0.25) is 9.36 Å². The molecule has 0 spiro atoms. The SMILES string of the molecule is O=C(c1ccc2c(c1)[nH]c(=O)n2C1CCCC1)N1CCC(NCC2CC2)CC1. The molecule has 0 bridgehead atoms. The number of imidazole rings is 1. The minimum absolute atomic E-state index is 0.0472. The number of benzene rings is 1. The number of H-pyrrole nitrogens is 1. The molecule has 0 radical (unpaired) electrons. The lowest BCUT2D eigenvalue weighted by Gasteiger charge is -2.32. The van der Waals surface area contributed by atoms with E-state index in [0.717, 1.165) is 62.3 Å². The van der Waals surface area contributed by atoms with Gasteiger partial charge in [0.25, 0.3) is 5.91 Å². The number of aromatic nitrogens is 2. The lowest BCUT2D eigenvalue weighted by atomic mass is 10.0. The standard InChI is InChI=1S/C22H30N4O2/c27-21(25-11-9-17(10-12-25)23-14-15-5-6-15)16-7-8-20-19(13-16)24-22(28)26(20)18-3-1-2-4-18/h7-8,13,15,17-18,23H,1-6,9-12,14H2,(H,24,28). The molecule has 2 heterocycles. The monoisotopic (exact) mass is 382 g/mol. The van der Waals surface area contributed by atoms with Gasteiger partial charge < -0.3 is 15.2 Å². The van der Waals surface area contributed by atoms with Crippen LogP contribution in [0.25, 0.3) is 11.0 Å². The van der Waals surface area contributed by atoms with Crippen molar-refractivity contribution in [3.63, 3.8) is 0 Å². The van der Waals surface area contributed by atoms with Gasteiger partial charge in [0.2, 0.25) is 0 Å². The zero-order valence-corrected chi connectivity index (χ0v) is 16.5. The Kier molecular flexibility index (Phi) is 4.75. The molecule has 28 heavy (non-hydrogen) atoms. The van der Waals surface area contributed by atoms with Crippen LogP contribution in [0.1, 0.15) is 67.8 Å². The fourth-order valence-corrected chi connectivity index (χ4v) is 4.91. The van der Waals surface area contributed by atoms with Crippen molar-refractivity contribution in [2.45, 2.75) is 63.5 Å². The smallest absolute Gasteiger partial charge is 0.326 e. The normalized spacial score (nSPS) is 21.6. The predicted molar refractivity (Wildman–Crippen MR) is 110 cm³/mol. The zero-order valence-electron chi connectivity index (χ0n) is 16.5. The molecule has 3 aliphatic rings. The first-order valence-corrected chi connectivity index (χ1v) is 11.0. The van der Waals surface area contributed by atoms with E-state index >= 15 is 0 Å². The second-order valence-corrected chi connectivity index (χ2v) is 8.89. The summed E-state index contributed by atoms with van der Waals surface area (Å²) in [6.45, 7) is 2.75. The molecular weight excluding hydrogens is 352 g/mol. The van der Waals surface area contributed by atoms with Crippen molar-refractivity contribution >= 4 is 16.9 Å². The summed E-state index contributed by atoms with van der Waals surface area (Å²) in [5, 5.41) is 3.66. The maximum Gasteiger partial charge on any atom is 0.326 e. The number of likely N-dealkylation sites (tertiary alicyclic amines) is 1. The van der Waals surface area contributed by atoms with E-state index in [1.807, 2.05) is 27.7 Å². The Labute approximate surface area is 165 Å². The van der Waals surface area contributed by atoms with Gasteiger partial charge >= 0.3 is 5.69 Å². The molecule has 2 saturated carbocycles. The first kappa shape index (κ1) is 18.0. The summed E-state index contributed by atoms with van der Waals surface area (Å²) in [4.78, 5) is 30.4. The number of aromatic amines is 1. The first-order valence-electron chi connectivity index (χ1n) is 11.0. The van der Waals surface area contributed by atoms with E-state index in [-0.39, 0.29) is 11.6 Å². The Morgan fingerprint density at radius 2 is 1.82 bits per heavy atom. The van der Waals surface area contributed by atoms with E-state index in [4.69, 9.17) is 0 Å². The molecule has 3 fully saturated rings. The average Bonchev–Trinajstić information content (AvgIpc) is 3.28. The van der Waals surface area contributed by atoms with Gasteiger partial charge in [0.1, 0.15) is 0 Å². The van der Waals surface area contributed by atoms with Gasteiger partial charge in [-0.25, -0.2) is 4.79 Å². The summed E-state index contributed by atoms with van der Waals surface area (Å²) in [6, 6.07) is 6.54. The number of carbonyl (C=O) groups excluding carboxylic acids is 1. The van der Waals surface area contributed by atoms with E-state index in [2.05, 4.69) is 10.3 Å². The Bertz CT molecular complexity index is 912. The Morgan fingerprint density at radius 3 is 2.54 bits per heavy atom. The second kappa shape index (κ2) is 7.39. The summed E-state index contributed by atoms with van der Waals surface area (Å²) in [6.07, 6.45) is 9.30. The minimum atomic E-state index is -0.0472. The zero-order chi connectivity index (χ0) is 19.1. The maximum atomic E-state index is 13.0. The van der Waals surface area contributed by atoms with E-state index in [1.165, 1.54) is 25.7 Å². The number of carbonyl (C=O) groups is 1. The van der Waals surface area contributed by atoms with E-state index in [1.54, 1.807) is 0 Å². The molecule has 2 aliphatic carbocycles. The van der Waals surface area contributed by atoms with Crippen molar-refractivity contribution in [3.8, 4) is 0 Å². The molecule has 6 heteroatoms. The van der Waals surface area contributed by atoms with Crippen LogP contribution in [0.2, 0.25) is 0 Å². The first-order chi connectivity index (χ1) is 13.7. The van der Waals surface area contributed by atoms with Crippen molar-refractivity contribution in [3.05, 3.63) is 34.2 Å². The average molecular weight is 383 g/mol. The molecule has 2 aromatic rings. The molecule has 2 N–H and O–H groups in total. The molecule has 1 amide bonds. The van der Waals surface area contributed by atoms with Gasteiger partial charge in [0, 0.05) is 30.7 Å². The Balaban J connectivity index is 1.28. The molecule has 6 nitrogen and oxygen atoms in total. The Morgan fingerprint density at radius 1 is 1.07 bits per heavy atom. The van der Waals surface area contributed by atoms with Gasteiger partial charge in [0.05, 0.1) is 11.0 Å². The van der Waals surface area contributed by atoms with E-state index in [0.29, 0.717) is 17.6 Å². The molecule has 0 atom stereocenters. The topological polar surface area (TPSA) is 70.1 Å². The quantitative estimate of drug-likeness (QED) is 0.835. The number of rotatable bonds is 5. The highest BCUT2D eigenvalue weighted by atomic mass is 16.2. The van der Waals surface area contributed by atoms with Crippen LogP contribution in [-0.2, 0) is 0 Å². The number of amides is 1. The molecule has 0 unspecified atom stereocenters. The fraction of sp³-hybridized carbons (Fsp3) is 0.636. The minimum Gasteiger partial charge on any atom is -0.339 e. The second-order valence-electron chi connectivity index (χ2n) is 8.89. The van der Waals surface area contributed by atoms with E-state index < -0.39 is 0 Å². The number of nitrogens with zero attached hydrogens (tertiary/aromatic N) is 2. The maximum absolute atomic E-state index is 13.0. The van der Waals surface area contributed by atoms with Gasteiger partial charge in [-0.05, 0) is 69.2 Å². The lowest BCUT2D eigenvalue weighted by Crippen LogP contribution is -2.45. The molecule has 1 aliphatic heterocycles. The van der Waals surface area contributed by atoms with Gasteiger partial charge in [-0.1, -0.05) is 12.8 Å². The van der Waals surface area contributed by atoms with Crippen LogP contribution in [-0.4, -0.2) is 46.0 Å². The number of fused-ring (bicyclic) bond motifs is 1. The third kappa shape index (κ3) is 3.50. The molecule has 1 aromatic heterocycles. The number of hydrogen-bond donors (Lipinski definition) is 2. The molecule has 150 valence electrons. The third-order valence-electron chi connectivity index (χ3n) is 6.83. The van der Waals surface area contributed by atoms with Crippen LogP contribution in [0.5, 0.6) is 0 Å². The highest BCUT2D eigenvalue weighted by Gasteiger charge is 2.27. The molecule has 5 rings (SSSR count). The van der Waals surface area contributed by atoms with Gasteiger partial charge in [-0.2, -0.15) is 0 Å². The van der Waals surface area contributed by atoms with Crippen LogP contribution >= 0.6 is 0 Å². The summed E-state index contributed by atoms with van der Waals surface area (Å²) < 4.78 is 1.90. The van der Waals surface area contributed by atoms with Crippen LogP contribution in [0.15, 0.2) is 23.0 Å². The summed E-state index contributed by atoms with van der Waals surface area (Å²) >= 11 is 0. The largest absolute Gasteiger partial charge is 0.339 e. The fourth-order valence-electron chi connectivity index (χ4n) is 4.91. The van der Waals surface area contributed by atoms with Crippen LogP contribution in [0.4, 0.5) is 0 Å². The molecular formula is C22H30N4O2. The van der Waals surface area contributed by atoms with Crippen molar-refractivity contribution in [1.82, 2.24) is 19.8 Å². The summed E-state index contributed by atoms with van der Waals surface area (Å²) in [5.74, 6) is 0.974. The van der Waals surface area contributed by atoms with E-state index in [9.17, 15) is 9.59 Å². The summed E-state index contributed by atoms with van der Waals surface area (Å²) in [5.41, 5.74) is 2.34. The molecule has 1 aromatic carbocycles. The third-order valence-corrected chi connectivity index (χ3v) is 6.83. The predicted octanol–water partition coefficient (Wildman–Crippen LogP) is 3.05. The van der Waals surface area contributed by atoms with Crippen molar-refractivity contribution in [1.29, 1.82) is 0 Å². The van der Waals surface area contributed by atoms with Crippen LogP contribution < -0.4 is 11.0 Å². The molecule has 1 saturated heterocycles. The Hall–Kier alpha value is -2.08. The van der Waals surface area contributed by atoms with Crippen molar-refractivity contribution < 1.29 is 4.79 Å². The van der Waals surface area contributed by atoms with Crippen molar-refractivity contribution in [2.24, 2.45) is 5.92 Å².